The monoisotopic (exact) mass is 217 g/mol. The highest BCUT2D eigenvalue weighted by Crippen LogP contribution is 2.61. The summed E-state index contributed by atoms with van der Waals surface area (Å²) < 4.78 is 4.82. The quantitative estimate of drug-likeness (QED) is 0.719. The number of esters is 1. The first kappa shape index (κ1) is 9.85. The molecule has 3 rings (SSSR count). The molecule has 3 nitrogen and oxygen atoms in total. The molecule has 2 N–H and O–H groups in total. The molecule has 84 valence electrons. The molecule has 1 saturated carbocycles. The summed E-state index contributed by atoms with van der Waals surface area (Å²) in [7, 11) is 1.41. The highest BCUT2D eigenvalue weighted by Gasteiger charge is 2.69. The van der Waals surface area contributed by atoms with E-state index < -0.39 is 5.54 Å². The fraction of sp³-hybridized carbons (Fsp3) is 0.462. The normalized spacial score (nSPS) is 34.9. The second-order valence-corrected chi connectivity index (χ2v) is 4.75. The van der Waals surface area contributed by atoms with E-state index >= 15 is 0 Å². The van der Waals surface area contributed by atoms with E-state index in [0.717, 1.165) is 12.8 Å². The van der Waals surface area contributed by atoms with Gasteiger partial charge in [0, 0.05) is 5.92 Å². The van der Waals surface area contributed by atoms with Crippen molar-refractivity contribution < 1.29 is 9.53 Å². The molecular weight excluding hydrogens is 202 g/mol. The number of carbonyl (C=O) groups is 1. The standard InChI is InChI=1S/C13H15NO2/c1-16-12(15)13(14)10-7-6-8-4-2-3-5-9(8)11(10)13/h2-5,10-11H,6-7,14H2,1H3/t10-,11+,13+/m1/s1. The molecule has 1 aromatic carbocycles. The summed E-state index contributed by atoms with van der Waals surface area (Å²) in [5, 5.41) is 0. The van der Waals surface area contributed by atoms with E-state index in [1.54, 1.807) is 0 Å². The zero-order valence-electron chi connectivity index (χ0n) is 9.27. The molecule has 0 radical (unpaired) electrons. The number of fused-ring (bicyclic) bond motifs is 3. The lowest BCUT2D eigenvalue weighted by atomic mass is 9.92. The van der Waals surface area contributed by atoms with E-state index in [1.807, 2.05) is 12.1 Å². The van der Waals surface area contributed by atoms with Crippen LogP contribution < -0.4 is 5.73 Å². The Balaban J connectivity index is 2.01. The summed E-state index contributed by atoms with van der Waals surface area (Å²) in [5.74, 6) is 0.180. The van der Waals surface area contributed by atoms with Crippen molar-refractivity contribution in [2.75, 3.05) is 7.11 Å². The molecular formula is C13H15NO2. The fourth-order valence-electron chi connectivity index (χ4n) is 3.19. The van der Waals surface area contributed by atoms with Gasteiger partial charge >= 0.3 is 5.97 Å². The maximum Gasteiger partial charge on any atom is 0.326 e. The van der Waals surface area contributed by atoms with Crippen molar-refractivity contribution in [3.05, 3.63) is 35.4 Å². The van der Waals surface area contributed by atoms with Crippen LogP contribution in [0.3, 0.4) is 0 Å². The Morgan fingerprint density at radius 3 is 3.00 bits per heavy atom. The van der Waals surface area contributed by atoms with Gasteiger partial charge in [0.15, 0.2) is 0 Å². The highest BCUT2D eigenvalue weighted by atomic mass is 16.5. The summed E-state index contributed by atoms with van der Waals surface area (Å²) in [4.78, 5) is 11.7. The molecule has 1 fully saturated rings. The SMILES string of the molecule is COC(=O)[C@]1(N)[C@@H]2CCc3ccccc3[C@@H]21. The maximum absolute atomic E-state index is 11.7. The molecule has 0 aromatic heterocycles. The van der Waals surface area contributed by atoms with E-state index in [-0.39, 0.29) is 17.8 Å². The molecule has 0 unspecified atom stereocenters. The Hall–Kier alpha value is -1.35. The molecule has 16 heavy (non-hydrogen) atoms. The molecule has 3 heteroatoms. The average molecular weight is 217 g/mol. The van der Waals surface area contributed by atoms with Gasteiger partial charge in [-0.2, -0.15) is 0 Å². The van der Waals surface area contributed by atoms with Gasteiger partial charge in [0.25, 0.3) is 0 Å². The fourth-order valence-corrected chi connectivity index (χ4v) is 3.19. The van der Waals surface area contributed by atoms with Gasteiger partial charge in [-0.05, 0) is 29.9 Å². The number of carbonyl (C=O) groups excluding carboxylic acids is 1. The molecule has 0 saturated heterocycles. The van der Waals surface area contributed by atoms with Crippen LogP contribution >= 0.6 is 0 Å². The highest BCUT2D eigenvalue weighted by molar-refractivity contribution is 5.88. The van der Waals surface area contributed by atoms with Crippen LogP contribution in [0.25, 0.3) is 0 Å². The Morgan fingerprint density at radius 1 is 1.50 bits per heavy atom. The number of rotatable bonds is 1. The van der Waals surface area contributed by atoms with Gasteiger partial charge in [-0.3, -0.25) is 4.79 Å². The van der Waals surface area contributed by atoms with Crippen molar-refractivity contribution in [3.8, 4) is 0 Å². The van der Waals surface area contributed by atoms with E-state index in [4.69, 9.17) is 10.5 Å². The largest absolute Gasteiger partial charge is 0.468 e. The number of methoxy groups -OCH3 is 1. The van der Waals surface area contributed by atoms with Crippen LogP contribution in [0.2, 0.25) is 0 Å². The van der Waals surface area contributed by atoms with Gasteiger partial charge < -0.3 is 10.5 Å². The molecule has 0 aliphatic heterocycles. The van der Waals surface area contributed by atoms with Gasteiger partial charge in [-0.1, -0.05) is 24.3 Å². The topological polar surface area (TPSA) is 52.3 Å². The third kappa shape index (κ3) is 1.04. The number of ether oxygens (including phenoxy) is 1. The first-order valence-corrected chi connectivity index (χ1v) is 5.64. The van der Waals surface area contributed by atoms with Gasteiger partial charge in [0.1, 0.15) is 5.54 Å². The van der Waals surface area contributed by atoms with Crippen molar-refractivity contribution in [3.63, 3.8) is 0 Å². The summed E-state index contributed by atoms with van der Waals surface area (Å²) in [6, 6.07) is 8.26. The molecule has 2 aliphatic rings. The third-order valence-electron chi connectivity index (χ3n) is 4.08. The van der Waals surface area contributed by atoms with Crippen molar-refractivity contribution in [2.45, 2.75) is 24.3 Å². The minimum absolute atomic E-state index is 0.171. The molecule has 1 aromatic rings. The van der Waals surface area contributed by atoms with Gasteiger partial charge in [0.2, 0.25) is 0 Å². The third-order valence-corrected chi connectivity index (χ3v) is 4.08. The minimum atomic E-state index is -0.763. The summed E-state index contributed by atoms with van der Waals surface area (Å²) in [6.07, 6.45) is 2.01. The smallest absolute Gasteiger partial charge is 0.326 e. The number of nitrogens with two attached hydrogens (primary N) is 1. The average Bonchev–Trinajstić information content (AvgIpc) is 2.96. The van der Waals surface area contributed by atoms with Crippen LogP contribution in [-0.4, -0.2) is 18.6 Å². The second-order valence-electron chi connectivity index (χ2n) is 4.75. The van der Waals surface area contributed by atoms with E-state index in [9.17, 15) is 4.79 Å². The van der Waals surface area contributed by atoms with Crippen LogP contribution in [0.5, 0.6) is 0 Å². The van der Waals surface area contributed by atoms with Crippen molar-refractivity contribution in [2.24, 2.45) is 11.7 Å². The van der Waals surface area contributed by atoms with Crippen molar-refractivity contribution >= 4 is 5.97 Å². The molecule has 0 amide bonds. The lowest BCUT2D eigenvalue weighted by Crippen LogP contribution is -2.37. The second kappa shape index (κ2) is 3.08. The van der Waals surface area contributed by atoms with Gasteiger partial charge in [0.05, 0.1) is 7.11 Å². The number of hydrogen-bond donors (Lipinski definition) is 1. The molecule has 0 spiro atoms. The first-order chi connectivity index (χ1) is 7.69. The molecule has 0 bridgehead atoms. The van der Waals surface area contributed by atoms with Crippen LogP contribution in [0, 0.1) is 5.92 Å². The van der Waals surface area contributed by atoms with Gasteiger partial charge in [-0.15, -0.1) is 0 Å². The Kier molecular flexibility index (Phi) is 1.89. The lowest BCUT2D eigenvalue weighted by molar-refractivity contribution is -0.143. The van der Waals surface area contributed by atoms with E-state index in [1.165, 1.54) is 18.2 Å². The maximum atomic E-state index is 11.7. The molecule has 2 aliphatic carbocycles. The van der Waals surface area contributed by atoms with Crippen molar-refractivity contribution in [1.82, 2.24) is 0 Å². The Labute approximate surface area is 94.6 Å². The summed E-state index contributed by atoms with van der Waals surface area (Å²) >= 11 is 0. The number of hydrogen-bond acceptors (Lipinski definition) is 3. The van der Waals surface area contributed by atoms with Crippen LogP contribution in [0.15, 0.2) is 24.3 Å². The predicted molar refractivity (Wildman–Crippen MR) is 59.9 cm³/mol. The zero-order valence-corrected chi connectivity index (χ0v) is 9.27. The molecule has 0 heterocycles. The minimum Gasteiger partial charge on any atom is -0.468 e. The lowest BCUT2D eigenvalue weighted by Gasteiger charge is -2.13. The molecule has 3 atom stereocenters. The Morgan fingerprint density at radius 2 is 2.25 bits per heavy atom. The van der Waals surface area contributed by atoms with Crippen LogP contribution in [0.1, 0.15) is 23.5 Å². The summed E-state index contributed by atoms with van der Waals surface area (Å²) in [5.41, 5.74) is 8.00. The van der Waals surface area contributed by atoms with E-state index in [2.05, 4.69) is 12.1 Å². The van der Waals surface area contributed by atoms with Crippen LogP contribution in [0.4, 0.5) is 0 Å². The predicted octanol–water partition coefficient (Wildman–Crippen LogP) is 1.22. The van der Waals surface area contributed by atoms with Crippen LogP contribution in [-0.2, 0) is 16.0 Å². The number of aryl methyl sites for hydroxylation is 1. The van der Waals surface area contributed by atoms with E-state index in [0.29, 0.717) is 0 Å². The first-order valence-electron chi connectivity index (χ1n) is 5.64. The number of benzene rings is 1. The Bertz CT molecular complexity index is 457. The van der Waals surface area contributed by atoms with Gasteiger partial charge in [-0.25, -0.2) is 0 Å². The van der Waals surface area contributed by atoms with Crippen molar-refractivity contribution in [1.29, 1.82) is 0 Å². The summed E-state index contributed by atoms with van der Waals surface area (Å²) in [6.45, 7) is 0. The zero-order chi connectivity index (χ0) is 11.3.